The van der Waals surface area contributed by atoms with Gasteiger partial charge >= 0.3 is 0 Å². The van der Waals surface area contributed by atoms with Crippen molar-refractivity contribution in [2.45, 2.75) is 12.1 Å². The van der Waals surface area contributed by atoms with Gasteiger partial charge in [0.05, 0.1) is 27.3 Å². The van der Waals surface area contributed by atoms with Gasteiger partial charge < -0.3 is 0 Å². The number of thioether (sulfide) groups is 1. The van der Waals surface area contributed by atoms with Gasteiger partial charge in [-0.25, -0.2) is 4.98 Å². The number of benzene rings is 3. The maximum Gasteiger partial charge on any atom is 0.269 e. The van der Waals surface area contributed by atoms with Crippen LogP contribution in [0.15, 0.2) is 76.7 Å². The summed E-state index contributed by atoms with van der Waals surface area (Å²) in [4.78, 5) is 52.8. The molecule has 0 aliphatic carbocycles. The smallest absolute Gasteiger partial charge is 0.269 e. The van der Waals surface area contributed by atoms with Crippen LogP contribution in [-0.4, -0.2) is 32.0 Å². The van der Waals surface area contributed by atoms with E-state index in [4.69, 9.17) is 11.6 Å². The summed E-state index contributed by atoms with van der Waals surface area (Å²) in [5.74, 6) is -1.35. The Hall–Kier alpha value is -4.22. The number of nitrogens with zero attached hydrogens (tertiary/aromatic N) is 3. The number of para-hydroxylation sites is 1. The quantitative estimate of drug-likeness (QED) is 0.170. The second-order valence-electron chi connectivity index (χ2n) is 7.53. The van der Waals surface area contributed by atoms with Crippen LogP contribution in [-0.2, 0) is 4.79 Å². The van der Waals surface area contributed by atoms with Crippen molar-refractivity contribution in [3.8, 4) is 5.69 Å². The molecule has 10 nitrogen and oxygen atoms in total. The molecule has 182 valence electrons. The van der Waals surface area contributed by atoms with Gasteiger partial charge in [-0.2, -0.15) is 0 Å². The van der Waals surface area contributed by atoms with Gasteiger partial charge in [-0.3, -0.25) is 39.9 Å². The highest BCUT2D eigenvalue weighted by Crippen LogP contribution is 2.26. The molecule has 4 rings (SSSR count). The zero-order chi connectivity index (χ0) is 25.8. The van der Waals surface area contributed by atoms with Crippen molar-refractivity contribution in [3.63, 3.8) is 0 Å². The zero-order valence-electron chi connectivity index (χ0n) is 18.7. The lowest BCUT2D eigenvalue weighted by molar-refractivity contribution is -0.384. The van der Waals surface area contributed by atoms with Crippen molar-refractivity contribution < 1.29 is 14.5 Å². The van der Waals surface area contributed by atoms with Gasteiger partial charge in [-0.1, -0.05) is 41.6 Å². The molecule has 1 aromatic heterocycles. The molecule has 0 aliphatic heterocycles. The summed E-state index contributed by atoms with van der Waals surface area (Å²) in [7, 11) is 0. The molecule has 1 heterocycles. The Morgan fingerprint density at radius 3 is 2.50 bits per heavy atom. The average molecular weight is 524 g/mol. The molecule has 0 unspecified atom stereocenters. The Morgan fingerprint density at radius 2 is 1.78 bits per heavy atom. The summed E-state index contributed by atoms with van der Waals surface area (Å²) in [5, 5.41) is 11.9. The molecule has 3 aromatic carbocycles. The molecule has 0 radical (unpaired) electrons. The van der Waals surface area contributed by atoms with Crippen molar-refractivity contribution in [2.24, 2.45) is 0 Å². The molecule has 4 aromatic rings. The summed E-state index contributed by atoms with van der Waals surface area (Å²) in [6, 6.07) is 17.0. The number of rotatable bonds is 6. The molecule has 2 N–H and O–H groups in total. The number of nitro groups is 1. The first-order valence-corrected chi connectivity index (χ1v) is 11.9. The Bertz CT molecular complexity index is 1560. The molecular formula is C24H18ClN5O5S. The van der Waals surface area contributed by atoms with E-state index in [1.54, 1.807) is 49.4 Å². The maximum absolute atomic E-state index is 13.4. The largest absolute Gasteiger partial charge is 0.272 e. The molecule has 0 spiro atoms. The fraction of sp³-hybridized carbons (Fsp3) is 0.0833. The lowest BCUT2D eigenvalue weighted by Gasteiger charge is -2.16. The minimum atomic E-state index is -0.640. The van der Waals surface area contributed by atoms with Crippen LogP contribution in [0, 0.1) is 17.0 Å². The molecule has 0 saturated heterocycles. The first kappa shape index (κ1) is 24.9. The van der Waals surface area contributed by atoms with Crippen LogP contribution in [0.2, 0.25) is 5.02 Å². The third-order valence-electron chi connectivity index (χ3n) is 5.21. The molecule has 36 heavy (non-hydrogen) atoms. The number of fused-ring (bicyclic) bond motifs is 1. The molecule has 0 bridgehead atoms. The van der Waals surface area contributed by atoms with Crippen LogP contribution in [0.3, 0.4) is 0 Å². The van der Waals surface area contributed by atoms with E-state index in [-0.39, 0.29) is 27.7 Å². The third kappa shape index (κ3) is 5.21. The highest BCUT2D eigenvalue weighted by Gasteiger charge is 2.17. The van der Waals surface area contributed by atoms with E-state index in [1.165, 1.54) is 28.8 Å². The van der Waals surface area contributed by atoms with E-state index >= 15 is 0 Å². The number of aromatic nitrogens is 2. The molecule has 12 heteroatoms. The topological polar surface area (TPSA) is 136 Å². The number of non-ortho nitro benzene ring substituents is 1. The zero-order valence-corrected chi connectivity index (χ0v) is 20.3. The van der Waals surface area contributed by atoms with Crippen LogP contribution in [0.25, 0.3) is 16.6 Å². The predicted octanol–water partition coefficient (Wildman–Crippen LogP) is 3.81. The van der Waals surface area contributed by atoms with E-state index in [2.05, 4.69) is 15.8 Å². The van der Waals surface area contributed by atoms with Crippen LogP contribution >= 0.6 is 23.4 Å². The summed E-state index contributed by atoms with van der Waals surface area (Å²) < 4.78 is 1.41. The number of nitrogens with one attached hydrogen (secondary N) is 2. The van der Waals surface area contributed by atoms with Gasteiger partial charge in [-0.15, -0.1) is 0 Å². The maximum atomic E-state index is 13.4. The van der Waals surface area contributed by atoms with Crippen molar-refractivity contribution in [2.75, 3.05) is 5.75 Å². The fourth-order valence-electron chi connectivity index (χ4n) is 3.36. The Balaban J connectivity index is 1.53. The van der Waals surface area contributed by atoms with E-state index in [1.807, 2.05) is 0 Å². The third-order valence-corrected chi connectivity index (χ3v) is 6.56. The van der Waals surface area contributed by atoms with Gasteiger partial charge in [0.2, 0.25) is 5.91 Å². The lowest BCUT2D eigenvalue weighted by atomic mass is 10.2. The van der Waals surface area contributed by atoms with Crippen LogP contribution in [0.5, 0.6) is 0 Å². The van der Waals surface area contributed by atoms with Gasteiger partial charge in [-0.05, 0) is 48.9 Å². The van der Waals surface area contributed by atoms with Crippen molar-refractivity contribution in [3.05, 3.63) is 103 Å². The summed E-state index contributed by atoms with van der Waals surface area (Å²) in [6.45, 7) is 1.79. The van der Waals surface area contributed by atoms with E-state index in [0.717, 1.165) is 11.8 Å². The molecule has 0 fully saturated rings. The first-order valence-electron chi connectivity index (χ1n) is 10.5. The van der Waals surface area contributed by atoms with Crippen LogP contribution in [0.4, 0.5) is 5.69 Å². The van der Waals surface area contributed by atoms with Gasteiger partial charge in [0, 0.05) is 22.7 Å². The number of carbonyl (C=O) groups is 2. The fourth-order valence-corrected chi connectivity index (χ4v) is 4.33. The van der Waals surface area contributed by atoms with E-state index in [0.29, 0.717) is 27.2 Å². The minimum absolute atomic E-state index is 0.134. The molecule has 0 saturated carbocycles. The Kier molecular flexibility index (Phi) is 7.32. The lowest BCUT2D eigenvalue weighted by Crippen LogP contribution is -2.42. The summed E-state index contributed by atoms with van der Waals surface area (Å²) >= 11 is 7.30. The Morgan fingerprint density at radius 1 is 1.06 bits per heavy atom. The van der Waals surface area contributed by atoms with Crippen molar-refractivity contribution in [1.29, 1.82) is 0 Å². The molecular weight excluding hydrogens is 506 g/mol. The van der Waals surface area contributed by atoms with Crippen LogP contribution in [0.1, 0.15) is 15.9 Å². The predicted molar refractivity (Wildman–Crippen MR) is 137 cm³/mol. The van der Waals surface area contributed by atoms with Crippen LogP contribution < -0.4 is 16.4 Å². The number of hydrazine groups is 1. The van der Waals surface area contributed by atoms with E-state index < -0.39 is 16.7 Å². The van der Waals surface area contributed by atoms with E-state index in [9.17, 15) is 24.5 Å². The number of carbonyl (C=O) groups excluding carboxylic acids is 2. The number of halogens is 1. The highest BCUT2D eigenvalue weighted by molar-refractivity contribution is 7.99. The second-order valence-corrected chi connectivity index (χ2v) is 8.88. The average Bonchev–Trinajstić information content (AvgIpc) is 2.88. The normalized spacial score (nSPS) is 10.7. The summed E-state index contributed by atoms with van der Waals surface area (Å²) in [5.41, 5.74) is 5.92. The number of nitro benzene ring substituents is 1. The molecule has 0 aliphatic rings. The van der Waals surface area contributed by atoms with Gasteiger partial charge in [0.25, 0.3) is 17.2 Å². The minimum Gasteiger partial charge on any atom is -0.272 e. The molecule has 2 amide bonds. The van der Waals surface area contributed by atoms with Crippen molar-refractivity contribution in [1.82, 2.24) is 20.4 Å². The van der Waals surface area contributed by atoms with Crippen molar-refractivity contribution >= 4 is 51.8 Å². The second kappa shape index (κ2) is 10.6. The number of hydrogen-bond donors (Lipinski definition) is 2. The monoisotopic (exact) mass is 523 g/mol. The highest BCUT2D eigenvalue weighted by atomic mass is 35.5. The number of amides is 2. The SMILES string of the molecule is Cc1c(Cl)cccc1-n1c(SCC(=O)NNC(=O)c2ccc([N+](=O)[O-])cc2)nc2ccccc2c1=O. The standard InChI is InChI=1S/C24H18ClN5O5S/c1-14-18(25)6-4-8-20(14)29-23(33)17-5-2-3-7-19(17)26-24(29)36-13-21(31)27-28-22(32)15-9-11-16(12-10-15)30(34)35/h2-12H,13H2,1H3,(H,27,31)(H,28,32). The first-order chi connectivity index (χ1) is 17.3. The number of hydrogen-bond acceptors (Lipinski definition) is 7. The van der Waals surface area contributed by atoms with Gasteiger partial charge in [0.1, 0.15) is 0 Å². The summed E-state index contributed by atoms with van der Waals surface area (Å²) in [6.07, 6.45) is 0. The molecule has 0 atom stereocenters. The van der Waals surface area contributed by atoms with Gasteiger partial charge in [0.15, 0.2) is 5.16 Å². The Labute approximate surface area is 213 Å².